The summed E-state index contributed by atoms with van der Waals surface area (Å²) in [6.45, 7) is 7.82. The molecule has 0 fully saturated rings. The molecule has 2 N–H and O–H groups in total. The molecule has 28 heavy (non-hydrogen) atoms. The number of carbonyl (C=O) groups is 1. The van der Waals surface area contributed by atoms with Gasteiger partial charge in [-0.05, 0) is 45.2 Å². The zero-order valence-corrected chi connectivity index (χ0v) is 17.6. The Morgan fingerprint density at radius 2 is 2.11 bits per heavy atom. The van der Waals surface area contributed by atoms with E-state index in [4.69, 9.17) is 5.10 Å². The summed E-state index contributed by atoms with van der Waals surface area (Å²) in [5, 5.41) is 11.6. The minimum atomic E-state index is -0.101. The molecule has 146 valence electrons. The Morgan fingerprint density at radius 3 is 2.75 bits per heavy atom. The number of carbonyl (C=O) groups excluding carboxylic acids is 1. The van der Waals surface area contributed by atoms with Crippen LogP contribution in [0.3, 0.4) is 0 Å². The van der Waals surface area contributed by atoms with Crippen molar-refractivity contribution in [2.24, 2.45) is 0 Å². The number of pyridine rings is 1. The van der Waals surface area contributed by atoms with Crippen molar-refractivity contribution in [3.8, 4) is 21.8 Å². The molecule has 8 heteroatoms. The lowest BCUT2D eigenvalue weighted by molar-refractivity contribution is -0.114. The fourth-order valence-electron chi connectivity index (χ4n) is 3.67. The van der Waals surface area contributed by atoms with Gasteiger partial charge in [-0.15, -0.1) is 0 Å². The van der Waals surface area contributed by atoms with E-state index in [9.17, 15) is 4.79 Å². The van der Waals surface area contributed by atoms with E-state index < -0.39 is 0 Å². The molecule has 0 unspecified atom stereocenters. The molecule has 0 aromatic carbocycles. The molecule has 0 radical (unpaired) electrons. The Balaban J connectivity index is 1.87. The molecule has 4 rings (SSSR count). The van der Waals surface area contributed by atoms with Crippen LogP contribution >= 0.6 is 11.3 Å². The number of anilines is 2. The van der Waals surface area contributed by atoms with Gasteiger partial charge >= 0.3 is 0 Å². The van der Waals surface area contributed by atoms with Crippen LogP contribution < -0.4 is 10.6 Å². The molecule has 0 saturated carbocycles. The van der Waals surface area contributed by atoms with Gasteiger partial charge in [0.25, 0.3) is 0 Å². The zero-order valence-electron chi connectivity index (χ0n) is 16.8. The van der Waals surface area contributed by atoms with Crippen molar-refractivity contribution < 1.29 is 4.79 Å². The van der Waals surface area contributed by atoms with E-state index in [-0.39, 0.29) is 11.9 Å². The van der Waals surface area contributed by atoms with Gasteiger partial charge in [0.05, 0.1) is 22.0 Å². The summed E-state index contributed by atoms with van der Waals surface area (Å²) in [7, 11) is 1.88. The summed E-state index contributed by atoms with van der Waals surface area (Å²) in [5.41, 5.74) is 6.50. The fraction of sp³-hybridized carbons (Fsp3) is 0.400. The Bertz CT molecular complexity index is 1070. The average molecular weight is 397 g/mol. The maximum absolute atomic E-state index is 11.4. The predicted octanol–water partition coefficient (Wildman–Crippen LogP) is 4.06. The Hall–Kier alpha value is -2.74. The SMILES string of the molecule is CNc1ncc(-c2nn(C(C)C)c3c2CCc2nc(NC(C)=O)sc2-3)cc1C. The maximum atomic E-state index is 11.4. The van der Waals surface area contributed by atoms with Crippen LogP contribution in [0.2, 0.25) is 0 Å². The Labute approximate surface area is 168 Å². The van der Waals surface area contributed by atoms with Crippen LogP contribution in [-0.4, -0.2) is 32.7 Å². The first-order chi connectivity index (χ1) is 13.4. The van der Waals surface area contributed by atoms with Gasteiger partial charge in [0.2, 0.25) is 5.91 Å². The number of rotatable bonds is 4. The molecule has 7 nitrogen and oxygen atoms in total. The molecular weight excluding hydrogens is 372 g/mol. The summed E-state index contributed by atoms with van der Waals surface area (Å²) in [6, 6.07) is 2.35. The molecule has 3 heterocycles. The number of hydrogen-bond acceptors (Lipinski definition) is 6. The Kier molecular flexibility index (Phi) is 4.66. The summed E-state index contributed by atoms with van der Waals surface area (Å²) >= 11 is 1.53. The number of aryl methyl sites for hydroxylation is 2. The van der Waals surface area contributed by atoms with E-state index in [0.29, 0.717) is 5.13 Å². The number of hydrogen-bond donors (Lipinski definition) is 2. The number of fused-ring (bicyclic) bond motifs is 3. The van der Waals surface area contributed by atoms with Crippen molar-refractivity contribution in [3.63, 3.8) is 0 Å². The third-order valence-electron chi connectivity index (χ3n) is 4.89. The fourth-order valence-corrected chi connectivity index (χ4v) is 4.79. The molecule has 0 atom stereocenters. The zero-order chi connectivity index (χ0) is 20.0. The third kappa shape index (κ3) is 3.07. The van der Waals surface area contributed by atoms with Crippen LogP contribution in [0.1, 0.15) is 43.6 Å². The second-order valence-electron chi connectivity index (χ2n) is 7.33. The summed E-state index contributed by atoms with van der Waals surface area (Å²) in [6.07, 6.45) is 3.60. The molecule has 1 amide bonds. The molecule has 1 aliphatic carbocycles. The molecule has 0 aliphatic heterocycles. The highest BCUT2D eigenvalue weighted by Gasteiger charge is 2.30. The van der Waals surface area contributed by atoms with Crippen LogP contribution in [0, 0.1) is 6.92 Å². The number of nitrogens with one attached hydrogen (secondary N) is 2. The van der Waals surface area contributed by atoms with E-state index in [1.807, 2.05) is 13.2 Å². The van der Waals surface area contributed by atoms with Crippen LogP contribution in [0.5, 0.6) is 0 Å². The first-order valence-corrected chi connectivity index (χ1v) is 10.2. The van der Waals surface area contributed by atoms with Gasteiger partial charge in [-0.2, -0.15) is 5.10 Å². The van der Waals surface area contributed by atoms with Gasteiger partial charge in [-0.3, -0.25) is 9.48 Å². The standard InChI is InChI=1S/C20H24N6OS/c1-10(2)26-17-14(6-7-15-18(17)28-20(24-15)23-12(4)27)16(25-26)13-8-11(3)19(21-5)22-9-13/h8-10H,6-7H2,1-5H3,(H,21,22)(H,23,24,27). The van der Waals surface area contributed by atoms with Gasteiger partial charge in [0, 0.05) is 37.3 Å². The molecule has 0 saturated heterocycles. The van der Waals surface area contributed by atoms with Crippen LogP contribution in [-0.2, 0) is 17.6 Å². The lowest BCUT2D eigenvalue weighted by Crippen LogP contribution is -2.09. The van der Waals surface area contributed by atoms with E-state index in [2.05, 4.69) is 52.1 Å². The highest BCUT2D eigenvalue weighted by atomic mass is 32.1. The van der Waals surface area contributed by atoms with E-state index >= 15 is 0 Å². The highest BCUT2D eigenvalue weighted by Crippen LogP contribution is 2.44. The monoisotopic (exact) mass is 396 g/mol. The minimum Gasteiger partial charge on any atom is -0.373 e. The van der Waals surface area contributed by atoms with Crippen molar-refractivity contribution in [2.75, 3.05) is 17.7 Å². The number of nitrogens with zero attached hydrogens (tertiary/aromatic N) is 4. The van der Waals surface area contributed by atoms with Gasteiger partial charge in [0.1, 0.15) is 5.82 Å². The second kappa shape index (κ2) is 7.01. The predicted molar refractivity (Wildman–Crippen MR) is 113 cm³/mol. The number of aromatic nitrogens is 4. The van der Waals surface area contributed by atoms with Gasteiger partial charge in [-0.1, -0.05) is 11.3 Å². The molecular formula is C20H24N6OS. The van der Waals surface area contributed by atoms with Crippen molar-refractivity contribution in [3.05, 3.63) is 29.1 Å². The molecule has 0 bridgehead atoms. The van der Waals surface area contributed by atoms with Crippen LogP contribution in [0.25, 0.3) is 21.8 Å². The summed E-state index contributed by atoms with van der Waals surface area (Å²) in [5.74, 6) is 0.779. The summed E-state index contributed by atoms with van der Waals surface area (Å²) < 4.78 is 2.08. The third-order valence-corrected chi connectivity index (χ3v) is 5.91. The largest absolute Gasteiger partial charge is 0.373 e. The normalized spacial score (nSPS) is 12.6. The number of thiazole rings is 1. The van der Waals surface area contributed by atoms with E-state index in [0.717, 1.165) is 51.7 Å². The van der Waals surface area contributed by atoms with Crippen molar-refractivity contribution in [2.45, 2.75) is 46.6 Å². The minimum absolute atomic E-state index is 0.101. The van der Waals surface area contributed by atoms with Crippen LogP contribution in [0.15, 0.2) is 12.3 Å². The maximum Gasteiger partial charge on any atom is 0.223 e. The van der Waals surface area contributed by atoms with Gasteiger partial charge in [-0.25, -0.2) is 9.97 Å². The topological polar surface area (TPSA) is 84.7 Å². The first kappa shape index (κ1) is 18.6. The Morgan fingerprint density at radius 1 is 1.32 bits per heavy atom. The van der Waals surface area contributed by atoms with Gasteiger partial charge in [0.15, 0.2) is 5.13 Å². The molecule has 3 aromatic rings. The van der Waals surface area contributed by atoms with Crippen molar-refractivity contribution in [1.29, 1.82) is 0 Å². The second-order valence-corrected chi connectivity index (χ2v) is 8.33. The lowest BCUT2D eigenvalue weighted by atomic mass is 9.95. The van der Waals surface area contributed by atoms with Crippen molar-refractivity contribution >= 4 is 28.2 Å². The highest BCUT2D eigenvalue weighted by molar-refractivity contribution is 7.19. The van der Waals surface area contributed by atoms with Crippen molar-refractivity contribution in [1.82, 2.24) is 19.7 Å². The molecule has 3 aromatic heterocycles. The lowest BCUT2D eigenvalue weighted by Gasteiger charge is -2.16. The van der Waals surface area contributed by atoms with E-state index in [1.165, 1.54) is 23.8 Å². The van der Waals surface area contributed by atoms with Gasteiger partial charge < -0.3 is 10.6 Å². The van der Waals surface area contributed by atoms with Crippen LogP contribution in [0.4, 0.5) is 10.9 Å². The molecule has 1 aliphatic rings. The van der Waals surface area contributed by atoms with E-state index in [1.54, 1.807) is 0 Å². The quantitative estimate of drug-likeness (QED) is 0.695. The average Bonchev–Trinajstić information content (AvgIpc) is 3.21. The molecule has 0 spiro atoms. The smallest absolute Gasteiger partial charge is 0.223 e. The summed E-state index contributed by atoms with van der Waals surface area (Å²) in [4.78, 5) is 21.7. The number of amides is 1. The first-order valence-electron chi connectivity index (χ1n) is 9.42.